The van der Waals surface area contributed by atoms with Crippen molar-refractivity contribution in [1.82, 2.24) is 10.2 Å². The maximum atomic E-state index is 13.1. The van der Waals surface area contributed by atoms with Gasteiger partial charge in [-0.05, 0) is 24.1 Å². The van der Waals surface area contributed by atoms with E-state index in [2.05, 4.69) is 10.2 Å². The fourth-order valence-corrected chi connectivity index (χ4v) is 1.99. The van der Waals surface area contributed by atoms with Gasteiger partial charge in [0.25, 0.3) is 5.89 Å². The Kier molecular flexibility index (Phi) is 5.13. The number of ether oxygens (including phenoxy) is 1. The summed E-state index contributed by atoms with van der Waals surface area (Å²) in [5.41, 5.74) is 0.502. The van der Waals surface area contributed by atoms with Gasteiger partial charge in [0.2, 0.25) is 5.89 Å². The summed E-state index contributed by atoms with van der Waals surface area (Å²) in [5, 5.41) is 7.80. The van der Waals surface area contributed by atoms with E-state index in [0.29, 0.717) is 12.3 Å². The van der Waals surface area contributed by atoms with Crippen molar-refractivity contribution in [3.8, 4) is 0 Å². The summed E-state index contributed by atoms with van der Waals surface area (Å²) in [4.78, 5) is 12.0. The molecule has 23 heavy (non-hydrogen) atoms. The molecule has 0 saturated carbocycles. The molecule has 0 aliphatic heterocycles. The molecule has 0 radical (unpaired) electrons. The summed E-state index contributed by atoms with van der Waals surface area (Å²) in [6, 6.07) is 6.18. The second kappa shape index (κ2) is 6.89. The van der Waals surface area contributed by atoms with Crippen molar-refractivity contribution in [2.24, 2.45) is 5.92 Å². The first-order valence-corrected chi connectivity index (χ1v) is 7.49. The van der Waals surface area contributed by atoms with Crippen molar-refractivity contribution >= 4 is 5.97 Å². The molecular weight excluding hydrogens is 299 g/mol. The Morgan fingerprint density at radius 2 is 2.09 bits per heavy atom. The quantitative estimate of drug-likeness (QED) is 0.790. The molecule has 2 rings (SSSR count). The van der Waals surface area contributed by atoms with Gasteiger partial charge in [0.05, 0.1) is 5.92 Å². The lowest BCUT2D eigenvalue weighted by Gasteiger charge is -2.11. The topological polar surface area (TPSA) is 65.2 Å². The first-order valence-electron chi connectivity index (χ1n) is 7.49. The zero-order valence-corrected chi connectivity index (χ0v) is 13.8. The van der Waals surface area contributed by atoms with Gasteiger partial charge >= 0.3 is 5.97 Å². The number of hydrogen-bond donors (Lipinski definition) is 0. The van der Waals surface area contributed by atoms with Crippen LogP contribution in [0.25, 0.3) is 0 Å². The minimum atomic E-state index is -0.387. The number of esters is 1. The van der Waals surface area contributed by atoms with Gasteiger partial charge in [-0.3, -0.25) is 4.79 Å². The molecular formula is C17H21FN2O3. The third kappa shape index (κ3) is 4.87. The highest BCUT2D eigenvalue weighted by molar-refractivity contribution is 5.72. The molecule has 2 aromatic rings. The van der Waals surface area contributed by atoms with Crippen LogP contribution < -0.4 is 0 Å². The number of nitrogens with zero attached hydrogens (tertiary/aromatic N) is 2. The normalized spacial score (nSPS) is 12.9. The van der Waals surface area contributed by atoms with Crippen LogP contribution in [0.4, 0.5) is 4.39 Å². The number of halogens is 1. The first kappa shape index (κ1) is 17.1. The summed E-state index contributed by atoms with van der Waals surface area (Å²) in [6.45, 7) is 7.54. The lowest BCUT2D eigenvalue weighted by atomic mass is 9.97. The number of hydrogen-bond acceptors (Lipinski definition) is 5. The van der Waals surface area contributed by atoms with Crippen LogP contribution in [-0.2, 0) is 28.0 Å². The molecule has 0 fully saturated rings. The third-order valence-electron chi connectivity index (χ3n) is 3.28. The van der Waals surface area contributed by atoms with Crippen LogP contribution in [0.2, 0.25) is 0 Å². The fourth-order valence-electron chi connectivity index (χ4n) is 1.99. The molecule has 0 N–H and O–H groups in total. The predicted molar refractivity (Wildman–Crippen MR) is 82.1 cm³/mol. The van der Waals surface area contributed by atoms with E-state index in [4.69, 9.17) is 9.15 Å². The van der Waals surface area contributed by atoms with E-state index in [-0.39, 0.29) is 35.6 Å². The Hall–Kier alpha value is -2.24. The van der Waals surface area contributed by atoms with Gasteiger partial charge in [-0.1, -0.05) is 39.8 Å². The Morgan fingerprint density at radius 1 is 1.35 bits per heavy atom. The van der Waals surface area contributed by atoms with E-state index in [1.54, 1.807) is 19.1 Å². The van der Waals surface area contributed by atoms with Gasteiger partial charge in [-0.2, -0.15) is 0 Å². The zero-order chi connectivity index (χ0) is 17.0. The molecule has 0 saturated heterocycles. The largest absolute Gasteiger partial charge is 0.455 e. The van der Waals surface area contributed by atoms with Gasteiger partial charge in [-0.15, -0.1) is 10.2 Å². The van der Waals surface area contributed by atoms with Crippen LogP contribution in [-0.4, -0.2) is 16.2 Å². The maximum absolute atomic E-state index is 13.1. The number of carbonyl (C=O) groups is 1. The van der Waals surface area contributed by atoms with Crippen LogP contribution in [0.1, 0.15) is 45.0 Å². The average molecular weight is 320 g/mol. The van der Waals surface area contributed by atoms with Crippen molar-refractivity contribution < 1.29 is 18.3 Å². The van der Waals surface area contributed by atoms with Crippen molar-refractivity contribution in [1.29, 1.82) is 0 Å². The average Bonchev–Trinajstić information content (AvgIpc) is 2.93. The third-order valence-corrected chi connectivity index (χ3v) is 3.28. The Morgan fingerprint density at radius 3 is 2.70 bits per heavy atom. The van der Waals surface area contributed by atoms with Crippen LogP contribution >= 0.6 is 0 Å². The standard InChI is InChI=1S/C17H21FN2O3/c1-11(8-12-6-5-7-13(18)9-12)15(21)22-10-14-19-20-16(23-14)17(2,3)4/h5-7,9,11H,8,10H2,1-4H3. The Bertz CT molecular complexity index is 676. The lowest BCUT2D eigenvalue weighted by Crippen LogP contribution is -2.17. The number of aromatic nitrogens is 2. The van der Waals surface area contributed by atoms with Gasteiger partial charge in [-0.25, -0.2) is 4.39 Å². The number of benzene rings is 1. The molecule has 0 amide bonds. The van der Waals surface area contributed by atoms with Crippen molar-refractivity contribution in [2.75, 3.05) is 0 Å². The van der Waals surface area contributed by atoms with Crippen LogP contribution in [0, 0.1) is 11.7 Å². The van der Waals surface area contributed by atoms with Gasteiger partial charge in [0.15, 0.2) is 6.61 Å². The molecule has 124 valence electrons. The van der Waals surface area contributed by atoms with Gasteiger partial charge in [0, 0.05) is 5.41 Å². The molecule has 0 aliphatic rings. The summed E-state index contributed by atoms with van der Waals surface area (Å²) >= 11 is 0. The van der Waals surface area contributed by atoms with Crippen LogP contribution in [0.5, 0.6) is 0 Å². The molecule has 1 atom stereocenters. The zero-order valence-electron chi connectivity index (χ0n) is 13.8. The summed E-state index contributed by atoms with van der Waals surface area (Å²) in [7, 11) is 0. The summed E-state index contributed by atoms with van der Waals surface area (Å²) in [6.07, 6.45) is 0.410. The van der Waals surface area contributed by atoms with Crippen LogP contribution in [0.3, 0.4) is 0 Å². The summed E-state index contributed by atoms with van der Waals surface area (Å²) < 4.78 is 23.8. The van der Waals surface area contributed by atoms with Gasteiger partial charge in [0.1, 0.15) is 5.82 Å². The maximum Gasteiger partial charge on any atom is 0.309 e. The van der Waals surface area contributed by atoms with Crippen molar-refractivity contribution in [3.05, 3.63) is 47.4 Å². The first-order chi connectivity index (χ1) is 10.8. The second-order valence-electron chi connectivity index (χ2n) is 6.59. The summed E-state index contributed by atoms with van der Waals surface area (Å²) in [5.74, 6) is -0.326. The Labute approximate surface area is 134 Å². The molecule has 5 nitrogen and oxygen atoms in total. The molecule has 0 spiro atoms. The van der Waals surface area contributed by atoms with Crippen molar-refractivity contribution in [2.45, 2.75) is 46.1 Å². The smallest absolute Gasteiger partial charge is 0.309 e. The molecule has 1 unspecified atom stereocenters. The highest BCUT2D eigenvalue weighted by Gasteiger charge is 2.22. The molecule has 0 aliphatic carbocycles. The molecule has 1 aromatic heterocycles. The van der Waals surface area contributed by atoms with Crippen LogP contribution in [0.15, 0.2) is 28.7 Å². The van der Waals surface area contributed by atoms with E-state index < -0.39 is 0 Å². The highest BCUT2D eigenvalue weighted by atomic mass is 19.1. The Balaban J connectivity index is 1.88. The minimum absolute atomic E-state index is 0.0601. The van der Waals surface area contributed by atoms with E-state index in [1.165, 1.54) is 12.1 Å². The number of carbonyl (C=O) groups excluding carboxylic acids is 1. The fraction of sp³-hybridized carbons (Fsp3) is 0.471. The van der Waals surface area contributed by atoms with E-state index in [9.17, 15) is 9.18 Å². The second-order valence-corrected chi connectivity index (χ2v) is 6.59. The SMILES string of the molecule is CC(Cc1cccc(F)c1)C(=O)OCc1nnc(C(C)(C)C)o1. The van der Waals surface area contributed by atoms with E-state index in [1.807, 2.05) is 20.8 Å². The minimum Gasteiger partial charge on any atom is -0.455 e. The van der Waals surface area contributed by atoms with Gasteiger partial charge < -0.3 is 9.15 Å². The lowest BCUT2D eigenvalue weighted by molar-refractivity contribution is -0.150. The monoisotopic (exact) mass is 320 g/mol. The van der Waals surface area contributed by atoms with Crippen molar-refractivity contribution in [3.63, 3.8) is 0 Å². The predicted octanol–water partition coefficient (Wildman–Crippen LogP) is 3.43. The van der Waals surface area contributed by atoms with E-state index >= 15 is 0 Å². The highest BCUT2D eigenvalue weighted by Crippen LogP contribution is 2.20. The molecule has 0 bridgehead atoms. The molecule has 1 heterocycles. The van der Waals surface area contributed by atoms with E-state index in [0.717, 1.165) is 5.56 Å². The number of rotatable bonds is 5. The molecule has 6 heteroatoms. The molecule has 1 aromatic carbocycles.